The summed E-state index contributed by atoms with van der Waals surface area (Å²) in [6.45, 7) is 3.67. The van der Waals surface area contributed by atoms with E-state index < -0.39 is 6.10 Å². The zero-order chi connectivity index (χ0) is 12.3. The summed E-state index contributed by atoms with van der Waals surface area (Å²) in [6, 6.07) is 0. The molecule has 0 amide bonds. The summed E-state index contributed by atoms with van der Waals surface area (Å²) < 4.78 is 8.29. The maximum absolute atomic E-state index is 10.2. The Kier molecular flexibility index (Phi) is 4.59. The van der Waals surface area contributed by atoms with E-state index in [1.54, 1.807) is 6.20 Å². The first-order chi connectivity index (χ1) is 8.22. The standard InChI is InChI=1S/C12H19BrN2O2/c1-2-15-12(10(13)8-14-15)11(16)6-5-9-4-3-7-17-9/h8-9,11,16H,2-7H2,1H3. The Morgan fingerprint density at radius 1 is 1.71 bits per heavy atom. The fourth-order valence-corrected chi connectivity index (χ4v) is 2.87. The van der Waals surface area contributed by atoms with Gasteiger partial charge in [-0.1, -0.05) is 0 Å². The van der Waals surface area contributed by atoms with Crippen LogP contribution in [0.5, 0.6) is 0 Å². The zero-order valence-electron chi connectivity index (χ0n) is 10.1. The van der Waals surface area contributed by atoms with Crippen LogP contribution in [-0.2, 0) is 11.3 Å². The van der Waals surface area contributed by atoms with Gasteiger partial charge in [0.1, 0.15) is 0 Å². The number of aliphatic hydroxyl groups excluding tert-OH is 1. The van der Waals surface area contributed by atoms with Gasteiger partial charge in [-0.2, -0.15) is 5.10 Å². The molecule has 2 rings (SSSR count). The van der Waals surface area contributed by atoms with Crippen LogP contribution in [0.3, 0.4) is 0 Å². The molecule has 1 aliphatic rings. The molecule has 1 fully saturated rings. The first-order valence-corrected chi connectivity index (χ1v) is 7.02. The van der Waals surface area contributed by atoms with E-state index in [9.17, 15) is 5.11 Å². The van der Waals surface area contributed by atoms with Crippen molar-refractivity contribution < 1.29 is 9.84 Å². The van der Waals surface area contributed by atoms with Gasteiger partial charge >= 0.3 is 0 Å². The topological polar surface area (TPSA) is 47.3 Å². The van der Waals surface area contributed by atoms with Gasteiger partial charge in [-0.3, -0.25) is 4.68 Å². The average Bonchev–Trinajstić information content (AvgIpc) is 2.94. The lowest BCUT2D eigenvalue weighted by Gasteiger charge is -2.15. The molecule has 96 valence electrons. The van der Waals surface area contributed by atoms with Crippen molar-refractivity contribution in [1.82, 2.24) is 9.78 Å². The number of hydrogen-bond donors (Lipinski definition) is 1. The maximum atomic E-state index is 10.2. The second-order valence-electron chi connectivity index (χ2n) is 4.42. The molecule has 1 aromatic rings. The van der Waals surface area contributed by atoms with Gasteiger partial charge in [0.25, 0.3) is 0 Å². The lowest BCUT2D eigenvalue weighted by Crippen LogP contribution is -2.12. The van der Waals surface area contributed by atoms with Crippen LogP contribution in [-0.4, -0.2) is 27.6 Å². The van der Waals surface area contributed by atoms with Crippen LogP contribution < -0.4 is 0 Å². The quantitative estimate of drug-likeness (QED) is 0.909. The van der Waals surface area contributed by atoms with Gasteiger partial charge in [-0.05, 0) is 48.5 Å². The summed E-state index contributed by atoms with van der Waals surface area (Å²) in [5.41, 5.74) is 0.880. The van der Waals surface area contributed by atoms with Gasteiger partial charge in [-0.15, -0.1) is 0 Å². The summed E-state index contributed by atoms with van der Waals surface area (Å²) in [5, 5.41) is 14.4. The van der Waals surface area contributed by atoms with E-state index in [4.69, 9.17) is 4.74 Å². The van der Waals surface area contributed by atoms with Crippen LogP contribution >= 0.6 is 15.9 Å². The lowest BCUT2D eigenvalue weighted by atomic mass is 10.1. The minimum Gasteiger partial charge on any atom is -0.387 e. The number of halogens is 1. The fraction of sp³-hybridized carbons (Fsp3) is 0.750. The predicted octanol–water partition coefficient (Wildman–Crippen LogP) is 2.66. The van der Waals surface area contributed by atoms with E-state index in [1.807, 2.05) is 11.6 Å². The molecule has 0 spiro atoms. The smallest absolute Gasteiger partial charge is 0.0969 e. The summed E-state index contributed by atoms with van der Waals surface area (Å²) in [6.07, 6.45) is 5.54. The first-order valence-electron chi connectivity index (χ1n) is 6.23. The van der Waals surface area contributed by atoms with Crippen LogP contribution in [0.1, 0.15) is 44.4 Å². The third kappa shape index (κ3) is 3.09. The summed E-state index contributed by atoms with van der Waals surface area (Å²) in [4.78, 5) is 0. The van der Waals surface area contributed by atoms with Crippen molar-refractivity contribution in [3.63, 3.8) is 0 Å². The Labute approximate surface area is 110 Å². The van der Waals surface area contributed by atoms with Crippen LogP contribution in [0.15, 0.2) is 10.7 Å². The normalized spacial score (nSPS) is 21.9. The molecule has 4 nitrogen and oxygen atoms in total. The maximum Gasteiger partial charge on any atom is 0.0969 e. The number of aliphatic hydroxyl groups is 1. The minimum absolute atomic E-state index is 0.335. The average molecular weight is 303 g/mol. The third-order valence-corrected chi connectivity index (χ3v) is 3.85. The van der Waals surface area contributed by atoms with Crippen molar-refractivity contribution >= 4 is 15.9 Å². The fourth-order valence-electron chi connectivity index (χ4n) is 2.31. The van der Waals surface area contributed by atoms with Crippen molar-refractivity contribution in [3.8, 4) is 0 Å². The summed E-state index contributed by atoms with van der Waals surface area (Å²) in [5.74, 6) is 0. The van der Waals surface area contributed by atoms with Crippen molar-refractivity contribution in [1.29, 1.82) is 0 Å². The Hall–Kier alpha value is -0.390. The van der Waals surface area contributed by atoms with Crippen molar-refractivity contribution in [2.75, 3.05) is 6.61 Å². The van der Waals surface area contributed by atoms with Crippen LogP contribution in [0.4, 0.5) is 0 Å². The summed E-state index contributed by atoms with van der Waals surface area (Å²) in [7, 11) is 0. The van der Waals surface area contributed by atoms with E-state index in [2.05, 4.69) is 21.0 Å². The second kappa shape index (κ2) is 5.98. The van der Waals surface area contributed by atoms with Crippen molar-refractivity contribution in [3.05, 3.63) is 16.4 Å². The highest BCUT2D eigenvalue weighted by Gasteiger charge is 2.21. The first kappa shape index (κ1) is 13.1. The Morgan fingerprint density at radius 2 is 2.53 bits per heavy atom. The van der Waals surface area contributed by atoms with E-state index in [0.29, 0.717) is 6.10 Å². The highest BCUT2D eigenvalue weighted by Crippen LogP contribution is 2.28. The molecule has 5 heteroatoms. The van der Waals surface area contributed by atoms with Gasteiger partial charge in [0, 0.05) is 13.2 Å². The molecule has 1 aliphatic heterocycles. The molecule has 2 atom stereocenters. The van der Waals surface area contributed by atoms with Crippen LogP contribution in [0.25, 0.3) is 0 Å². The van der Waals surface area contributed by atoms with Gasteiger partial charge in [-0.25, -0.2) is 0 Å². The molecule has 1 N–H and O–H groups in total. The van der Waals surface area contributed by atoms with Gasteiger partial charge < -0.3 is 9.84 Å². The molecule has 2 heterocycles. The molecule has 0 saturated carbocycles. The number of nitrogens with zero attached hydrogens (tertiary/aromatic N) is 2. The third-order valence-electron chi connectivity index (χ3n) is 3.23. The number of hydrogen-bond acceptors (Lipinski definition) is 3. The molecule has 17 heavy (non-hydrogen) atoms. The molecule has 0 aliphatic carbocycles. The second-order valence-corrected chi connectivity index (χ2v) is 5.28. The molecular formula is C12H19BrN2O2. The van der Waals surface area contributed by atoms with Gasteiger partial charge in [0.2, 0.25) is 0 Å². The Morgan fingerprint density at radius 3 is 3.18 bits per heavy atom. The molecule has 1 aromatic heterocycles. The number of ether oxygens (including phenoxy) is 1. The summed E-state index contributed by atoms with van der Waals surface area (Å²) >= 11 is 3.44. The Bertz CT molecular complexity index is 361. The molecule has 0 bridgehead atoms. The monoisotopic (exact) mass is 302 g/mol. The van der Waals surface area contributed by atoms with Gasteiger partial charge in [0.15, 0.2) is 0 Å². The van der Waals surface area contributed by atoms with Crippen LogP contribution in [0.2, 0.25) is 0 Å². The number of aryl methyl sites for hydroxylation is 1. The highest BCUT2D eigenvalue weighted by molar-refractivity contribution is 9.10. The van der Waals surface area contributed by atoms with E-state index in [1.165, 1.54) is 0 Å². The minimum atomic E-state index is -0.462. The van der Waals surface area contributed by atoms with Crippen molar-refractivity contribution in [2.24, 2.45) is 0 Å². The van der Waals surface area contributed by atoms with E-state index in [0.717, 1.165) is 49.0 Å². The van der Waals surface area contributed by atoms with E-state index >= 15 is 0 Å². The molecule has 1 saturated heterocycles. The molecule has 0 radical (unpaired) electrons. The largest absolute Gasteiger partial charge is 0.387 e. The van der Waals surface area contributed by atoms with E-state index in [-0.39, 0.29) is 0 Å². The van der Waals surface area contributed by atoms with Crippen molar-refractivity contribution in [2.45, 2.75) is 51.4 Å². The van der Waals surface area contributed by atoms with Crippen LogP contribution in [0, 0.1) is 0 Å². The predicted molar refractivity (Wildman–Crippen MR) is 68.8 cm³/mol. The molecule has 0 aromatic carbocycles. The van der Waals surface area contributed by atoms with Gasteiger partial charge in [0.05, 0.1) is 28.6 Å². The SMILES string of the molecule is CCn1ncc(Br)c1C(O)CCC1CCCO1. The number of aromatic nitrogens is 2. The molecule has 2 unspecified atom stereocenters. The zero-order valence-corrected chi connectivity index (χ0v) is 11.7. The number of rotatable bonds is 5. The highest BCUT2D eigenvalue weighted by atomic mass is 79.9. The Balaban J connectivity index is 1.93. The molecular weight excluding hydrogens is 284 g/mol. The lowest BCUT2D eigenvalue weighted by molar-refractivity contribution is 0.0787.